The first-order chi connectivity index (χ1) is 8.99. The fraction of sp³-hybridized carbons (Fsp3) is 0.429. The van der Waals surface area contributed by atoms with Gasteiger partial charge in [-0.1, -0.05) is 0 Å². The van der Waals surface area contributed by atoms with Gasteiger partial charge in [-0.25, -0.2) is 0 Å². The Labute approximate surface area is 113 Å². The van der Waals surface area contributed by atoms with Crippen LogP contribution in [0.25, 0.3) is 0 Å². The van der Waals surface area contributed by atoms with Crippen LogP contribution in [0, 0.1) is 0 Å². The number of ketones is 1. The quantitative estimate of drug-likeness (QED) is 0.735. The zero-order valence-electron chi connectivity index (χ0n) is 11.7. The second kappa shape index (κ2) is 6.78. The van der Waals surface area contributed by atoms with E-state index in [4.69, 9.17) is 9.47 Å². The summed E-state index contributed by atoms with van der Waals surface area (Å²) in [5.41, 5.74) is 0.543. The first kappa shape index (κ1) is 15.0. The predicted molar refractivity (Wildman–Crippen MR) is 71.8 cm³/mol. The number of methoxy groups -OCH3 is 1. The van der Waals surface area contributed by atoms with Crippen molar-refractivity contribution < 1.29 is 19.1 Å². The smallest absolute Gasteiger partial charge is 0.260 e. The number of benzene rings is 1. The summed E-state index contributed by atoms with van der Waals surface area (Å²) < 4.78 is 10.6. The molecule has 0 saturated carbocycles. The van der Waals surface area contributed by atoms with Gasteiger partial charge in [0, 0.05) is 19.2 Å². The summed E-state index contributed by atoms with van der Waals surface area (Å²) in [4.78, 5) is 24.5. The third-order valence-corrected chi connectivity index (χ3v) is 2.82. The van der Waals surface area contributed by atoms with Gasteiger partial charge in [-0.15, -0.1) is 0 Å². The van der Waals surface area contributed by atoms with Crippen LogP contribution in [0.3, 0.4) is 0 Å². The molecule has 0 unspecified atom stereocenters. The number of nitrogens with zero attached hydrogens (tertiary/aromatic N) is 1. The Morgan fingerprint density at radius 1 is 1.26 bits per heavy atom. The van der Waals surface area contributed by atoms with E-state index in [1.54, 1.807) is 30.1 Å². The predicted octanol–water partition coefficient (Wildman–Crippen LogP) is 1.75. The number of hydrogen-bond donors (Lipinski definition) is 0. The lowest BCUT2D eigenvalue weighted by molar-refractivity contribution is -0.131. The SMILES string of the molecule is CCN(C)C(=O)COc1ccc(C(C)=O)cc1OC. The van der Waals surface area contributed by atoms with Gasteiger partial charge in [0.2, 0.25) is 0 Å². The first-order valence-electron chi connectivity index (χ1n) is 6.05. The molecule has 0 saturated heterocycles. The molecular formula is C14H19NO4. The number of Topliss-reactive ketones (excluding diaryl/α,β-unsaturated/α-hetero) is 1. The fourth-order valence-electron chi connectivity index (χ4n) is 1.43. The van der Waals surface area contributed by atoms with Crippen molar-refractivity contribution in [3.63, 3.8) is 0 Å². The average Bonchev–Trinajstić information content (AvgIpc) is 2.43. The van der Waals surface area contributed by atoms with E-state index in [2.05, 4.69) is 0 Å². The minimum atomic E-state index is -0.111. The third-order valence-electron chi connectivity index (χ3n) is 2.82. The number of rotatable bonds is 6. The Morgan fingerprint density at radius 2 is 1.95 bits per heavy atom. The summed E-state index contributed by atoms with van der Waals surface area (Å²) in [6.07, 6.45) is 0. The summed E-state index contributed by atoms with van der Waals surface area (Å²) in [7, 11) is 3.20. The van der Waals surface area contributed by atoms with E-state index >= 15 is 0 Å². The van der Waals surface area contributed by atoms with Crippen molar-refractivity contribution in [3.05, 3.63) is 23.8 Å². The second-order valence-electron chi connectivity index (χ2n) is 4.12. The number of likely N-dealkylation sites (N-methyl/N-ethyl adjacent to an activating group) is 1. The first-order valence-corrected chi connectivity index (χ1v) is 6.05. The molecule has 1 aromatic carbocycles. The molecule has 0 spiro atoms. The van der Waals surface area contributed by atoms with Crippen LogP contribution >= 0.6 is 0 Å². The number of carbonyl (C=O) groups excluding carboxylic acids is 2. The minimum Gasteiger partial charge on any atom is -0.493 e. The molecule has 104 valence electrons. The van der Waals surface area contributed by atoms with Crippen LogP contribution in [-0.2, 0) is 4.79 Å². The van der Waals surface area contributed by atoms with Crippen molar-refractivity contribution >= 4 is 11.7 Å². The molecule has 19 heavy (non-hydrogen) atoms. The molecular weight excluding hydrogens is 246 g/mol. The lowest BCUT2D eigenvalue weighted by atomic mass is 10.1. The molecule has 0 radical (unpaired) electrons. The van der Waals surface area contributed by atoms with E-state index in [-0.39, 0.29) is 18.3 Å². The van der Waals surface area contributed by atoms with Gasteiger partial charge in [0.25, 0.3) is 5.91 Å². The van der Waals surface area contributed by atoms with Gasteiger partial charge in [-0.2, -0.15) is 0 Å². The highest BCUT2D eigenvalue weighted by molar-refractivity contribution is 5.94. The highest BCUT2D eigenvalue weighted by Gasteiger charge is 2.12. The van der Waals surface area contributed by atoms with Gasteiger partial charge in [0.1, 0.15) is 0 Å². The van der Waals surface area contributed by atoms with Crippen molar-refractivity contribution in [2.75, 3.05) is 27.3 Å². The van der Waals surface area contributed by atoms with Gasteiger partial charge < -0.3 is 14.4 Å². The zero-order valence-corrected chi connectivity index (χ0v) is 11.7. The van der Waals surface area contributed by atoms with Crippen LogP contribution in [0.15, 0.2) is 18.2 Å². The molecule has 1 rings (SSSR count). The maximum Gasteiger partial charge on any atom is 0.260 e. The van der Waals surface area contributed by atoms with E-state index in [1.165, 1.54) is 14.0 Å². The minimum absolute atomic E-state index is 0.0494. The van der Waals surface area contributed by atoms with Crippen LogP contribution in [0.1, 0.15) is 24.2 Å². The van der Waals surface area contributed by atoms with Crippen LogP contribution in [-0.4, -0.2) is 43.9 Å². The Hall–Kier alpha value is -2.04. The Kier molecular flexibility index (Phi) is 5.36. The molecule has 0 aliphatic heterocycles. The summed E-state index contributed by atoms with van der Waals surface area (Å²) in [6.45, 7) is 3.94. The van der Waals surface area contributed by atoms with E-state index < -0.39 is 0 Å². The molecule has 0 aliphatic rings. The van der Waals surface area contributed by atoms with Crippen molar-refractivity contribution in [1.82, 2.24) is 4.90 Å². The highest BCUT2D eigenvalue weighted by Crippen LogP contribution is 2.28. The van der Waals surface area contributed by atoms with Gasteiger partial charge in [0.05, 0.1) is 7.11 Å². The Bertz CT molecular complexity index is 471. The van der Waals surface area contributed by atoms with Gasteiger partial charge in [0.15, 0.2) is 23.9 Å². The molecule has 0 N–H and O–H groups in total. The molecule has 0 heterocycles. The molecule has 1 aromatic rings. The molecule has 0 atom stereocenters. The van der Waals surface area contributed by atoms with Crippen molar-refractivity contribution in [3.8, 4) is 11.5 Å². The summed E-state index contributed by atoms with van der Waals surface area (Å²) in [6, 6.07) is 4.88. The van der Waals surface area contributed by atoms with Crippen LogP contribution < -0.4 is 9.47 Å². The van der Waals surface area contributed by atoms with Crippen molar-refractivity contribution in [2.24, 2.45) is 0 Å². The molecule has 5 nitrogen and oxygen atoms in total. The maximum absolute atomic E-state index is 11.6. The second-order valence-corrected chi connectivity index (χ2v) is 4.12. The molecule has 0 fully saturated rings. The molecule has 0 bridgehead atoms. The molecule has 0 aliphatic carbocycles. The van der Waals surface area contributed by atoms with Crippen LogP contribution in [0.2, 0.25) is 0 Å². The van der Waals surface area contributed by atoms with Gasteiger partial charge in [-0.05, 0) is 32.0 Å². The third kappa shape index (κ3) is 3.98. The topological polar surface area (TPSA) is 55.8 Å². The van der Waals surface area contributed by atoms with Gasteiger partial charge >= 0.3 is 0 Å². The van der Waals surface area contributed by atoms with E-state index in [0.29, 0.717) is 23.6 Å². The van der Waals surface area contributed by atoms with Crippen molar-refractivity contribution in [1.29, 1.82) is 0 Å². The number of amides is 1. The highest BCUT2D eigenvalue weighted by atomic mass is 16.5. The van der Waals surface area contributed by atoms with Crippen LogP contribution in [0.4, 0.5) is 0 Å². The van der Waals surface area contributed by atoms with E-state index in [1.807, 2.05) is 6.92 Å². The summed E-state index contributed by atoms with van der Waals surface area (Å²) >= 11 is 0. The maximum atomic E-state index is 11.6. The largest absolute Gasteiger partial charge is 0.493 e. The van der Waals surface area contributed by atoms with Gasteiger partial charge in [-0.3, -0.25) is 9.59 Å². The average molecular weight is 265 g/mol. The molecule has 1 amide bonds. The molecule has 0 aromatic heterocycles. The normalized spacial score (nSPS) is 9.89. The van der Waals surface area contributed by atoms with E-state index in [9.17, 15) is 9.59 Å². The Morgan fingerprint density at radius 3 is 2.47 bits per heavy atom. The lowest BCUT2D eigenvalue weighted by Crippen LogP contribution is -2.31. The monoisotopic (exact) mass is 265 g/mol. The van der Waals surface area contributed by atoms with Crippen LogP contribution in [0.5, 0.6) is 11.5 Å². The standard InChI is InChI=1S/C14H19NO4/c1-5-15(3)14(17)9-19-12-7-6-11(10(2)16)8-13(12)18-4/h6-8H,5,9H2,1-4H3. The molecule has 5 heteroatoms. The number of hydrogen-bond acceptors (Lipinski definition) is 4. The lowest BCUT2D eigenvalue weighted by Gasteiger charge is -2.16. The number of ether oxygens (including phenoxy) is 2. The van der Waals surface area contributed by atoms with Crippen molar-refractivity contribution in [2.45, 2.75) is 13.8 Å². The summed E-state index contributed by atoms with van der Waals surface area (Å²) in [5, 5.41) is 0. The Balaban J connectivity index is 2.78. The number of carbonyl (C=O) groups is 2. The summed E-state index contributed by atoms with van der Waals surface area (Å²) in [5.74, 6) is 0.733. The van der Waals surface area contributed by atoms with E-state index in [0.717, 1.165) is 0 Å². The fourth-order valence-corrected chi connectivity index (χ4v) is 1.43. The zero-order chi connectivity index (χ0) is 14.4.